The molecule has 2 aromatic heterocycles. The number of nitrogens with two attached hydrogens (primary N) is 1. The third kappa shape index (κ3) is 2.50. The number of carbonyl (C=O) groups excluding carboxylic acids is 1. The van der Waals surface area contributed by atoms with Crippen molar-refractivity contribution in [2.24, 2.45) is 0 Å². The van der Waals surface area contributed by atoms with Crippen LogP contribution in [-0.2, 0) is 4.79 Å². The Bertz CT molecular complexity index is 711. The summed E-state index contributed by atoms with van der Waals surface area (Å²) in [5.41, 5.74) is 7.56. The van der Waals surface area contributed by atoms with Crippen molar-refractivity contribution in [2.75, 3.05) is 18.8 Å². The van der Waals surface area contributed by atoms with Crippen LogP contribution in [0.25, 0.3) is 10.9 Å². The van der Waals surface area contributed by atoms with E-state index in [-0.39, 0.29) is 11.9 Å². The third-order valence-corrected chi connectivity index (χ3v) is 4.59. The fourth-order valence-electron chi connectivity index (χ4n) is 2.82. The molecule has 1 fully saturated rings. The van der Waals surface area contributed by atoms with Crippen LogP contribution in [0.1, 0.15) is 18.9 Å². The second-order valence-corrected chi connectivity index (χ2v) is 6.16. The fraction of sp³-hybridized carbons (Fsp3) is 0.357. The van der Waals surface area contributed by atoms with E-state index >= 15 is 0 Å². The standard InChI is InChI=1S/C14H16IN5O/c1-2-12(21)19-5-3-4-9(8-19)20-11-7-17-6-10(16)13(11)14(15)18-20/h2,6-7,9H,1,3-5,8,16H2. The van der Waals surface area contributed by atoms with E-state index in [1.807, 2.05) is 9.58 Å². The van der Waals surface area contributed by atoms with Gasteiger partial charge in [0.1, 0.15) is 3.70 Å². The first-order valence-electron chi connectivity index (χ1n) is 6.80. The van der Waals surface area contributed by atoms with Crippen LogP contribution in [0.3, 0.4) is 0 Å². The fourth-order valence-corrected chi connectivity index (χ4v) is 3.64. The number of amides is 1. The molecule has 2 aromatic rings. The average Bonchev–Trinajstić information content (AvgIpc) is 2.85. The lowest BCUT2D eigenvalue weighted by Gasteiger charge is -2.32. The SMILES string of the molecule is C=CC(=O)N1CCCC(n2nc(I)c3c(N)cncc32)C1. The molecule has 0 radical (unpaired) electrons. The van der Waals surface area contributed by atoms with Crippen molar-refractivity contribution in [3.8, 4) is 0 Å². The Morgan fingerprint density at radius 2 is 2.33 bits per heavy atom. The summed E-state index contributed by atoms with van der Waals surface area (Å²) in [6, 6.07) is 0.150. The molecule has 1 aliphatic rings. The van der Waals surface area contributed by atoms with Crippen molar-refractivity contribution in [1.82, 2.24) is 19.7 Å². The number of halogens is 1. The van der Waals surface area contributed by atoms with E-state index in [9.17, 15) is 4.79 Å². The van der Waals surface area contributed by atoms with Gasteiger partial charge < -0.3 is 10.6 Å². The highest BCUT2D eigenvalue weighted by atomic mass is 127. The molecular weight excluding hydrogens is 381 g/mol. The molecule has 0 spiro atoms. The van der Waals surface area contributed by atoms with E-state index in [4.69, 9.17) is 5.73 Å². The molecule has 0 aliphatic carbocycles. The van der Waals surface area contributed by atoms with E-state index in [2.05, 4.69) is 39.3 Å². The second kappa shape index (κ2) is 5.63. The lowest BCUT2D eigenvalue weighted by atomic mass is 10.1. The Labute approximate surface area is 136 Å². The Morgan fingerprint density at radius 3 is 3.10 bits per heavy atom. The van der Waals surface area contributed by atoms with Crippen LogP contribution in [0.4, 0.5) is 5.69 Å². The van der Waals surface area contributed by atoms with E-state index in [0.717, 1.165) is 34.0 Å². The quantitative estimate of drug-likeness (QED) is 0.621. The lowest BCUT2D eigenvalue weighted by Crippen LogP contribution is -2.40. The van der Waals surface area contributed by atoms with Gasteiger partial charge in [0.05, 0.1) is 35.0 Å². The number of aromatic nitrogens is 3. The molecule has 1 amide bonds. The summed E-state index contributed by atoms with van der Waals surface area (Å²) in [4.78, 5) is 17.8. The van der Waals surface area contributed by atoms with E-state index in [1.165, 1.54) is 6.08 Å². The summed E-state index contributed by atoms with van der Waals surface area (Å²) in [6.07, 6.45) is 6.74. The van der Waals surface area contributed by atoms with Crippen molar-refractivity contribution in [3.63, 3.8) is 0 Å². The number of nitrogen functional groups attached to an aromatic ring is 1. The molecule has 6 nitrogen and oxygen atoms in total. The maximum atomic E-state index is 11.8. The predicted molar refractivity (Wildman–Crippen MR) is 89.7 cm³/mol. The van der Waals surface area contributed by atoms with E-state index in [0.29, 0.717) is 12.2 Å². The highest BCUT2D eigenvalue weighted by molar-refractivity contribution is 14.1. The molecule has 0 bridgehead atoms. The molecule has 1 unspecified atom stereocenters. The molecule has 2 N–H and O–H groups in total. The smallest absolute Gasteiger partial charge is 0.246 e. The van der Waals surface area contributed by atoms with Crippen molar-refractivity contribution in [3.05, 3.63) is 28.7 Å². The Kier molecular flexibility index (Phi) is 3.83. The average molecular weight is 397 g/mol. The van der Waals surface area contributed by atoms with Gasteiger partial charge in [0.15, 0.2) is 0 Å². The molecule has 1 atom stereocenters. The zero-order valence-electron chi connectivity index (χ0n) is 11.5. The largest absolute Gasteiger partial charge is 0.397 e. The van der Waals surface area contributed by atoms with Gasteiger partial charge in [-0.1, -0.05) is 6.58 Å². The van der Waals surface area contributed by atoms with E-state index < -0.39 is 0 Å². The van der Waals surface area contributed by atoms with Gasteiger partial charge in [-0.15, -0.1) is 0 Å². The minimum atomic E-state index is -0.0245. The zero-order chi connectivity index (χ0) is 15.0. The Hall–Kier alpha value is -1.64. The monoisotopic (exact) mass is 397 g/mol. The zero-order valence-corrected chi connectivity index (χ0v) is 13.7. The molecule has 7 heteroatoms. The molecule has 110 valence electrons. The Morgan fingerprint density at radius 1 is 1.52 bits per heavy atom. The van der Waals surface area contributed by atoms with Gasteiger partial charge >= 0.3 is 0 Å². The van der Waals surface area contributed by atoms with Crippen molar-refractivity contribution in [1.29, 1.82) is 0 Å². The molecule has 1 aliphatic heterocycles. The van der Waals surface area contributed by atoms with Crippen molar-refractivity contribution < 1.29 is 4.79 Å². The van der Waals surface area contributed by atoms with Crippen molar-refractivity contribution in [2.45, 2.75) is 18.9 Å². The number of nitrogens with zero attached hydrogens (tertiary/aromatic N) is 4. The molecular formula is C14H16IN5O. The first-order valence-corrected chi connectivity index (χ1v) is 7.88. The lowest BCUT2D eigenvalue weighted by molar-refractivity contribution is -0.127. The van der Waals surface area contributed by atoms with Crippen LogP contribution in [0.5, 0.6) is 0 Å². The number of rotatable bonds is 2. The van der Waals surface area contributed by atoms with E-state index in [1.54, 1.807) is 12.4 Å². The van der Waals surface area contributed by atoms with Crippen LogP contribution in [0.2, 0.25) is 0 Å². The summed E-state index contributed by atoms with van der Waals surface area (Å²) in [7, 11) is 0. The predicted octanol–water partition coefficient (Wildman–Crippen LogP) is 1.97. The second-order valence-electron chi connectivity index (χ2n) is 5.14. The minimum Gasteiger partial charge on any atom is -0.397 e. The van der Waals surface area contributed by atoms with Gasteiger partial charge in [-0.05, 0) is 41.5 Å². The van der Waals surface area contributed by atoms with Crippen LogP contribution in [0.15, 0.2) is 25.0 Å². The number of likely N-dealkylation sites (tertiary alicyclic amines) is 1. The normalized spacial score (nSPS) is 18.9. The Balaban J connectivity index is 1.99. The number of pyridine rings is 1. The van der Waals surface area contributed by atoms with Gasteiger partial charge in [-0.3, -0.25) is 14.5 Å². The van der Waals surface area contributed by atoms with Gasteiger partial charge in [-0.25, -0.2) is 0 Å². The van der Waals surface area contributed by atoms with Crippen LogP contribution in [0, 0.1) is 3.70 Å². The van der Waals surface area contributed by atoms with Gasteiger partial charge in [0.2, 0.25) is 5.91 Å². The number of carbonyl (C=O) groups is 1. The molecule has 3 heterocycles. The number of hydrogen-bond donors (Lipinski definition) is 1. The summed E-state index contributed by atoms with van der Waals surface area (Å²) < 4.78 is 2.83. The number of fused-ring (bicyclic) bond motifs is 1. The highest BCUT2D eigenvalue weighted by Gasteiger charge is 2.26. The van der Waals surface area contributed by atoms with Gasteiger partial charge in [-0.2, -0.15) is 5.10 Å². The van der Waals surface area contributed by atoms with Gasteiger partial charge in [0, 0.05) is 13.1 Å². The first-order chi connectivity index (χ1) is 10.1. The minimum absolute atomic E-state index is 0.0245. The molecule has 3 rings (SSSR count). The van der Waals surface area contributed by atoms with Crippen LogP contribution >= 0.6 is 22.6 Å². The maximum Gasteiger partial charge on any atom is 0.246 e. The molecule has 0 saturated carbocycles. The van der Waals surface area contributed by atoms with Crippen LogP contribution < -0.4 is 5.73 Å². The highest BCUT2D eigenvalue weighted by Crippen LogP contribution is 2.30. The first kappa shape index (κ1) is 14.3. The summed E-state index contributed by atoms with van der Waals surface area (Å²) >= 11 is 2.19. The molecule has 21 heavy (non-hydrogen) atoms. The third-order valence-electron chi connectivity index (χ3n) is 3.83. The topological polar surface area (TPSA) is 77.0 Å². The summed E-state index contributed by atoms with van der Waals surface area (Å²) in [5, 5.41) is 5.56. The molecule has 0 aromatic carbocycles. The number of hydrogen-bond acceptors (Lipinski definition) is 4. The molecule has 1 saturated heterocycles. The summed E-state index contributed by atoms with van der Waals surface area (Å²) in [5.74, 6) is -0.0245. The maximum absolute atomic E-state index is 11.8. The van der Waals surface area contributed by atoms with Gasteiger partial charge in [0.25, 0.3) is 0 Å². The number of anilines is 1. The van der Waals surface area contributed by atoms with Crippen LogP contribution in [-0.4, -0.2) is 38.7 Å². The summed E-state index contributed by atoms with van der Waals surface area (Å²) in [6.45, 7) is 4.98. The van der Waals surface area contributed by atoms with Crippen molar-refractivity contribution >= 4 is 45.1 Å². The number of piperidine rings is 1.